The van der Waals surface area contributed by atoms with Crippen molar-refractivity contribution in [3.05, 3.63) is 28.8 Å². The van der Waals surface area contributed by atoms with Gasteiger partial charge in [0, 0.05) is 0 Å². The van der Waals surface area contributed by atoms with Crippen LogP contribution in [0.3, 0.4) is 0 Å². The van der Waals surface area contributed by atoms with Gasteiger partial charge >= 0.3 is 5.97 Å². The van der Waals surface area contributed by atoms with Gasteiger partial charge in [0.1, 0.15) is 4.90 Å². The first-order valence-corrected chi connectivity index (χ1v) is 7.72. The lowest BCUT2D eigenvalue weighted by atomic mass is 10.2. The molecule has 0 saturated heterocycles. The van der Waals surface area contributed by atoms with Crippen molar-refractivity contribution in [2.75, 3.05) is 13.7 Å². The second-order valence-electron chi connectivity index (χ2n) is 4.68. The molecule has 110 valence electrons. The quantitative estimate of drug-likeness (QED) is 0.788. The van der Waals surface area contributed by atoms with Crippen LogP contribution in [0, 0.1) is 0 Å². The molecule has 1 aromatic carbocycles. The fourth-order valence-corrected chi connectivity index (χ4v) is 3.72. The van der Waals surface area contributed by atoms with E-state index in [4.69, 9.17) is 11.6 Å². The van der Waals surface area contributed by atoms with Crippen LogP contribution in [0.5, 0.6) is 0 Å². The highest BCUT2D eigenvalue weighted by Crippen LogP contribution is 2.37. The number of halogens is 1. The van der Waals surface area contributed by atoms with E-state index in [1.807, 2.05) is 0 Å². The number of aliphatic hydroxyl groups excluding tert-OH is 1. The molecular weight excluding hydrogens is 306 g/mol. The summed E-state index contributed by atoms with van der Waals surface area (Å²) in [4.78, 5) is 11.2. The number of carbonyl (C=O) groups is 1. The molecule has 0 atom stereocenters. The Hall–Kier alpha value is -1.15. The van der Waals surface area contributed by atoms with Crippen LogP contribution in [0.15, 0.2) is 23.1 Å². The molecule has 6 nitrogen and oxygen atoms in total. The predicted octanol–water partition coefficient (Wildman–Crippen LogP) is 0.930. The Labute approximate surface area is 121 Å². The summed E-state index contributed by atoms with van der Waals surface area (Å²) in [7, 11) is -2.71. The summed E-state index contributed by atoms with van der Waals surface area (Å²) >= 11 is 5.89. The number of hydrogen-bond donors (Lipinski definition) is 2. The van der Waals surface area contributed by atoms with E-state index in [0.29, 0.717) is 12.8 Å². The van der Waals surface area contributed by atoms with Gasteiger partial charge in [-0.25, -0.2) is 17.9 Å². The van der Waals surface area contributed by atoms with Crippen LogP contribution in [0.1, 0.15) is 23.2 Å². The highest BCUT2D eigenvalue weighted by molar-refractivity contribution is 7.89. The molecule has 0 spiro atoms. The van der Waals surface area contributed by atoms with Gasteiger partial charge in [0.2, 0.25) is 10.0 Å². The van der Waals surface area contributed by atoms with Gasteiger partial charge in [0.05, 0.1) is 29.8 Å². The van der Waals surface area contributed by atoms with E-state index >= 15 is 0 Å². The van der Waals surface area contributed by atoms with Gasteiger partial charge in [-0.15, -0.1) is 0 Å². The third kappa shape index (κ3) is 2.95. The zero-order valence-electron chi connectivity index (χ0n) is 10.7. The van der Waals surface area contributed by atoms with Crippen LogP contribution in [-0.2, 0) is 14.8 Å². The molecule has 0 aromatic heterocycles. The minimum absolute atomic E-state index is 0.00103. The maximum absolute atomic E-state index is 12.3. The van der Waals surface area contributed by atoms with E-state index in [1.165, 1.54) is 19.2 Å². The third-order valence-electron chi connectivity index (χ3n) is 3.15. The first kappa shape index (κ1) is 15.2. The Morgan fingerprint density at radius 1 is 1.50 bits per heavy atom. The Morgan fingerprint density at radius 3 is 2.65 bits per heavy atom. The topological polar surface area (TPSA) is 92.7 Å². The average molecular weight is 320 g/mol. The maximum atomic E-state index is 12.3. The van der Waals surface area contributed by atoms with Gasteiger partial charge in [-0.05, 0) is 31.0 Å². The minimum atomic E-state index is -3.91. The summed E-state index contributed by atoms with van der Waals surface area (Å²) < 4.78 is 31.5. The molecule has 20 heavy (non-hydrogen) atoms. The van der Waals surface area contributed by atoms with Crippen molar-refractivity contribution < 1.29 is 23.1 Å². The maximum Gasteiger partial charge on any atom is 0.337 e. The molecule has 8 heteroatoms. The highest BCUT2D eigenvalue weighted by Gasteiger charge is 2.46. The molecule has 1 aliphatic rings. The lowest BCUT2D eigenvalue weighted by molar-refractivity contribution is 0.0600. The van der Waals surface area contributed by atoms with E-state index in [9.17, 15) is 18.3 Å². The zero-order chi connectivity index (χ0) is 15.0. The fraction of sp³-hybridized carbons (Fsp3) is 0.417. The zero-order valence-corrected chi connectivity index (χ0v) is 12.3. The molecule has 0 heterocycles. The van der Waals surface area contributed by atoms with Gasteiger partial charge in [0.25, 0.3) is 0 Å². The van der Waals surface area contributed by atoms with Crippen molar-refractivity contribution in [2.45, 2.75) is 23.3 Å². The van der Waals surface area contributed by atoms with Gasteiger partial charge in [-0.3, -0.25) is 0 Å². The third-order valence-corrected chi connectivity index (χ3v) is 5.21. The van der Waals surface area contributed by atoms with Crippen LogP contribution < -0.4 is 4.72 Å². The van der Waals surface area contributed by atoms with Crippen LogP contribution in [0.4, 0.5) is 0 Å². The second-order valence-corrected chi connectivity index (χ2v) is 6.74. The van der Waals surface area contributed by atoms with E-state index in [0.717, 1.165) is 6.07 Å². The molecule has 1 aromatic rings. The summed E-state index contributed by atoms with van der Waals surface area (Å²) in [5.41, 5.74) is -0.713. The van der Waals surface area contributed by atoms with E-state index in [1.54, 1.807) is 0 Å². The largest absolute Gasteiger partial charge is 0.465 e. The van der Waals surface area contributed by atoms with Gasteiger partial charge in [-0.1, -0.05) is 11.6 Å². The summed E-state index contributed by atoms with van der Waals surface area (Å²) in [6, 6.07) is 3.86. The molecular formula is C12H14ClNO5S. The van der Waals surface area contributed by atoms with Crippen LogP contribution in [-0.4, -0.2) is 38.7 Å². The Morgan fingerprint density at radius 2 is 2.15 bits per heavy atom. The predicted molar refractivity (Wildman–Crippen MR) is 72.2 cm³/mol. The lowest BCUT2D eigenvalue weighted by Gasteiger charge is -2.15. The van der Waals surface area contributed by atoms with Gasteiger partial charge in [-0.2, -0.15) is 0 Å². The first-order valence-electron chi connectivity index (χ1n) is 5.86. The van der Waals surface area contributed by atoms with Crippen molar-refractivity contribution in [1.82, 2.24) is 4.72 Å². The Balaban J connectivity index is 2.38. The first-order chi connectivity index (χ1) is 9.33. The molecule has 0 radical (unpaired) electrons. The SMILES string of the molecule is COC(=O)c1ccc(Cl)c(S(=O)(=O)NC2(CO)CC2)c1. The molecule has 0 aliphatic heterocycles. The molecule has 2 N–H and O–H groups in total. The number of sulfonamides is 1. The van der Waals surface area contributed by atoms with Gasteiger partial charge in [0.15, 0.2) is 0 Å². The summed E-state index contributed by atoms with van der Waals surface area (Å²) in [5.74, 6) is -0.651. The van der Waals surface area contributed by atoms with Crippen molar-refractivity contribution in [3.8, 4) is 0 Å². The summed E-state index contributed by atoms with van der Waals surface area (Å²) in [6.07, 6.45) is 1.13. The van der Waals surface area contributed by atoms with E-state index in [2.05, 4.69) is 9.46 Å². The molecule has 1 fully saturated rings. The molecule has 1 aliphatic carbocycles. The number of ether oxygens (including phenoxy) is 1. The number of methoxy groups -OCH3 is 1. The number of aliphatic hydroxyl groups is 1. The van der Waals surface area contributed by atoms with E-state index < -0.39 is 21.5 Å². The van der Waals surface area contributed by atoms with Crippen molar-refractivity contribution >= 4 is 27.6 Å². The Bertz CT molecular complexity index is 639. The van der Waals surface area contributed by atoms with Crippen LogP contribution in [0.2, 0.25) is 5.02 Å². The fourth-order valence-electron chi connectivity index (χ4n) is 1.74. The minimum Gasteiger partial charge on any atom is -0.465 e. The summed E-state index contributed by atoms with van der Waals surface area (Å²) in [5, 5.41) is 9.18. The standard InChI is InChI=1S/C12H14ClNO5S/c1-19-11(16)8-2-3-9(13)10(6-8)20(17,18)14-12(7-15)4-5-12/h2-3,6,14-15H,4-5,7H2,1H3. The number of nitrogens with one attached hydrogen (secondary N) is 1. The molecule has 0 bridgehead atoms. The number of esters is 1. The lowest BCUT2D eigenvalue weighted by Crippen LogP contribution is -2.39. The van der Waals surface area contributed by atoms with Crippen molar-refractivity contribution in [2.24, 2.45) is 0 Å². The van der Waals surface area contributed by atoms with Crippen LogP contribution in [0.25, 0.3) is 0 Å². The van der Waals surface area contributed by atoms with Crippen molar-refractivity contribution in [1.29, 1.82) is 0 Å². The Kier molecular flexibility index (Phi) is 4.06. The number of benzene rings is 1. The highest BCUT2D eigenvalue weighted by atomic mass is 35.5. The average Bonchev–Trinajstić information content (AvgIpc) is 3.17. The van der Waals surface area contributed by atoms with Crippen LogP contribution >= 0.6 is 11.6 Å². The molecule has 0 unspecified atom stereocenters. The van der Waals surface area contributed by atoms with Gasteiger partial charge < -0.3 is 9.84 Å². The summed E-state index contributed by atoms with van der Waals surface area (Å²) in [6.45, 7) is -0.277. The normalized spacial score (nSPS) is 16.8. The molecule has 2 rings (SSSR count). The number of rotatable bonds is 5. The number of hydrogen-bond acceptors (Lipinski definition) is 5. The van der Waals surface area contributed by atoms with Crippen molar-refractivity contribution in [3.63, 3.8) is 0 Å². The smallest absolute Gasteiger partial charge is 0.337 e. The van der Waals surface area contributed by atoms with E-state index in [-0.39, 0.29) is 22.1 Å². The molecule has 1 saturated carbocycles. The monoisotopic (exact) mass is 319 g/mol. The second kappa shape index (κ2) is 5.33. The number of carbonyl (C=O) groups excluding carboxylic acids is 1. The molecule has 0 amide bonds.